The first-order valence-electron chi connectivity index (χ1n) is 22.3. The number of fused-ring (bicyclic) bond motifs is 3. The third-order valence-electron chi connectivity index (χ3n) is 13.3. The molecule has 14 heteroatoms. The molecular weight excluding hydrogens is 783 g/mol. The highest BCUT2D eigenvalue weighted by Crippen LogP contribution is 2.39. The van der Waals surface area contributed by atoms with Gasteiger partial charge in [0.15, 0.2) is 0 Å². The van der Waals surface area contributed by atoms with Gasteiger partial charge < -0.3 is 43.9 Å². The van der Waals surface area contributed by atoms with Crippen LogP contribution < -0.4 is 0 Å². The largest absolute Gasteiger partial charge is 0.456 e. The highest BCUT2D eigenvalue weighted by molar-refractivity contribution is 6.39. The number of aliphatic hydroxyl groups is 3. The predicted molar refractivity (Wildman–Crippen MR) is 234 cm³/mol. The van der Waals surface area contributed by atoms with Gasteiger partial charge >= 0.3 is 5.97 Å². The van der Waals surface area contributed by atoms with E-state index in [4.69, 9.17) is 28.8 Å². The van der Waals surface area contributed by atoms with Crippen LogP contribution in [0.25, 0.3) is 0 Å². The predicted octanol–water partition coefficient (Wildman–Crippen LogP) is 5.91. The number of methoxy groups -OCH3 is 3. The number of allylic oxidation sites excluding steroid dienone is 4. The van der Waals surface area contributed by atoms with Gasteiger partial charge in [0.25, 0.3) is 11.7 Å². The first-order valence-corrected chi connectivity index (χ1v) is 22.3. The number of nitrogens with zero attached hydrogens (tertiary/aromatic N) is 3. The molecule has 0 radical (unpaired) electrons. The zero-order valence-corrected chi connectivity index (χ0v) is 38.4. The zero-order chi connectivity index (χ0) is 45.2. The molecule has 3 fully saturated rings. The van der Waals surface area contributed by atoms with Crippen molar-refractivity contribution in [2.45, 2.75) is 174 Å². The number of piperidine rings is 1. The van der Waals surface area contributed by atoms with E-state index in [1.165, 1.54) is 4.90 Å². The topological polar surface area (TPSA) is 186 Å². The Hall–Kier alpha value is -3.11. The Morgan fingerprint density at radius 1 is 0.934 bits per heavy atom. The Bertz CT molecular complexity index is 1640. The summed E-state index contributed by atoms with van der Waals surface area (Å²) < 4.78 is 30.1. The van der Waals surface area contributed by atoms with Crippen LogP contribution in [0.3, 0.4) is 0 Å². The van der Waals surface area contributed by atoms with E-state index >= 15 is 0 Å². The van der Waals surface area contributed by atoms with Crippen LogP contribution in [0.4, 0.5) is 0 Å². The average Bonchev–Trinajstić information content (AvgIpc) is 3.23. The smallest absolute Gasteiger partial charge is 0.329 e. The molecule has 2 bridgehead atoms. The molecule has 4 rings (SSSR count). The van der Waals surface area contributed by atoms with Crippen molar-refractivity contribution in [2.24, 2.45) is 39.8 Å². The summed E-state index contributed by atoms with van der Waals surface area (Å²) in [5.74, 6) is -7.06. The Morgan fingerprint density at radius 2 is 1.61 bits per heavy atom. The van der Waals surface area contributed by atoms with Gasteiger partial charge in [0.05, 0.1) is 36.2 Å². The molecule has 3 heterocycles. The number of amides is 1. The summed E-state index contributed by atoms with van der Waals surface area (Å²) >= 11 is 0. The van der Waals surface area contributed by atoms with Gasteiger partial charge in [-0.25, -0.2) is 4.79 Å². The van der Waals surface area contributed by atoms with Gasteiger partial charge in [0, 0.05) is 57.8 Å². The summed E-state index contributed by atoms with van der Waals surface area (Å²) in [5.41, 5.74) is 3.18. The van der Waals surface area contributed by atoms with Crippen LogP contribution in [-0.4, -0.2) is 132 Å². The maximum atomic E-state index is 14.5. The Kier molecular flexibility index (Phi) is 19.1. The summed E-state index contributed by atoms with van der Waals surface area (Å²) in [6.07, 6.45) is 6.32. The van der Waals surface area contributed by atoms with E-state index in [1.807, 2.05) is 46.8 Å². The quantitative estimate of drug-likeness (QED) is 0.0867. The van der Waals surface area contributed by atoms with Crippen LogP contribution in [0.15, 0.2) is 46.2 Å². The number of esters is 1. The Morgan fingerprint density at radius 3 is 2.25 bits per heavy atom. The van der Waals surface area contributed by atoms with Gasteiger partial charge in [-0.05, 0) is 109 Å². The van der Waals surface area contributed by atoms with Gasteiger partial charge in [-0.2, -0.15) is 10.2 Å². The second kappa shape index (κ2) is 23.0. The van der Waals surface area contributed by atoms with Crippen molar-refractivity contribution < 1.29 is 53.4 Å². The molecule has 4 aliphatic rings. The standard InChI is InChI=1S/C47H75N3O11/c1-12-15-34-21-28(4)20-29(5)22-40(58-10)43-41(59-11)24-31(7)47(56,61-43)44(53)45(54)50-19-14-13-16-36(50)46(55)60-42(32(8)38(52)26-35(34)49-48-27(2)3)30(6)23-33-17-18-37(51)39(25-33)57-9/h12,21,23,29,31-34,36-43,51-52,56H,1,13-20,22,24-26H2,2-11H3/b28-21+,30-23+,49-35-/t29-,31+,32+,33-,34+,36-,37+,38-,39+,40-,41-,42+,43+,47+/m0/s1. The molecule has 0 aromatic rings. The van der Waals surface area contributed by atoms with Crippen molar-refractivity contribution >= 4 is 29.1 Å². The average molecular weight is 858 g/mol. The van der Waals surface area contributed by atoms with Crippen LogP contribution >= 0.6 is 0 Å². The molecule has 14 nitrogen and oxygen atoms in total. The highest BCUT2D eigenvalue weighted by atomic mass is 16.7. The molecule has 0 aromatic heterocycles. The van der Waals surface area contributed by atoms with Crippen LogP contribution in [0.2, 0.25) is 0 Å². The lowest BCUT2D eigenvalue weighted by molar-refractivity contribution is -0.302. The maximum Gasteiger partial charge on any atom is 0.329 e. The number of ketones is 1. The van der Waals surface area contributed by atoms with Crippen molar-refractivity contribution in [3.05, 3.63) is 36.0 Å². The number of carbonyl (C=O) groups is 3. The molecule has 3 aliphatic heterocycles. The first-order chi connectivity index (χ1) is 28.9. The molecule has 0 aromatic carbocycles. The Balaban J connectivity index is 1.85. The van der Waals surface area contributed by atoms with Crippen LogP contribution in [-0.2, 0) is 38.1 Å². The van der Waals surface area contributed by atoms with E-state index in [0.717, 1.165) is 11.3 Å². The lowest BCUT2D eigenvalue weighted by atomic mass is 9.81. The van der Waals surface area contributed by atoms with Gasteiger partial charge in [-0.15, -0.1) is 6.58 Å². The molecule has 2 saturated heterocycles. The SMILES string of the molecule is C=CC[C@@H]1/C=C(\C)C[C@H](C)C[C@H](OC)[C@H]2O[C@@](O)(C(=O)C(=O)N3CCCC[C@H]3C(=O)O[C@H](/C(C)=C/[C@@H]3CC[C@@H](O)[C@H](OC)C3)[C@H](C)[C@@H](O)C/C1=N/N=C(C)C)[C@H](C)C[C@@H]2OC. The molecule has 14 atom stereocenters. The second-order valence-electron chi connectivity index (χ2n) is 18.4. The van der Waals surface area contributed by atoms with Crippen molar-refractivity contribution in [3.63, 3.8) is 0 Å². The van der Waals surface area contributed by atoms with E-state index in [-0.39, 0.29) is 49.7 Å². The minimum atomic E-state index is -2.50. The van der Waals surface area contributed by atoms with E-state index in [2.05, 4.69) is 24.7 Å². The summed E-state index contributed by atoms with van der Waals surface area (Å²) in [6.45, 7) is 17.3. The summed E-state index contributed by atoms with van der Waals surface area (Å²) in [7, 11) is 4.68. The molecule has 0 unspecified atom stereocenters. The number of rotatable bonds is 8. The minimum Gasteiger partial charge on any atom is -0.456 e. The number of ether oxygens (including phenoxy) is 5. The Labute approximate surface area is 363 Å². The summed E-state index contributed by atoms with van der Waals surface area (Å²) in [6, 6.07) is -1.12. The van der Waals surface area contributed by atoms with E-state index in [9.17, 15) is 29.7 Å². The first kappa shape index (κ1) is 50.5. The van der Waals surface area contributed by atoms with Gasteiger partial charge in [0.1, 0.15) is 18.2 Å². The highest BCUT2D eigenvalue weighted by Gasteiger charge is 2.56. The number of carbonyl (C=O) groups excluding carboxylic acids is 3. The van der Waals surface area contributed by atoms with Crippen LogP contribution in [0.1, 0.15) is 119 Å². The third-order valence-corrected chi connectivity index (χ3v) is 13.3. The fourth-order valence-corrected chi connectivity index (χ4v) is 9.72. The number of Topliss-reactive ketones (excluding diaryl/α,β-unsaturated/α-hetero) is 1. The fourth-order valence-electron chi connectivity index (χ4n) is 9.72. The number of hydrogen-bond donors (Lipinski definition) is 3. The normalized spacial score (nSPS) is 39.6. The maximum absolute atomic E-state index is 14.5. The molecule has 3 N–H and O–H groups in total. The summed E-state index contributed by atoms with van der Waals surface area (Å²) in [5, 5.41) is 43.9. The fraction of sp³-hybridized carbons (Fsp3) is 0.766. The van der Waals surface area contributed by atoms with E-state index < -0.39 is 77.9 Å². The summed E-state index contributed by atoms with van der Waals surface area (Å²) in [4.78, 5) is 44.4. The lowest BCUT2D eigenvalue weighted by Crippen LogP contribution is -2.64. The van der Waals surface area contributed by atoms with Crippen molar-refractivity contribution in [1.82, 2.24) is 4.90 Å². The molecule has 0 spiro atoms. The monoisotopic (exact) mass is 858 g/mol. The van der Waals surface area contributed by atoms with Crippen LogP contribution in [0, 0.1) is 29.6 Å². The lowest BCUT2D eigenvalue weighted by Gasteiger charge is -2.47. The van der Waals surface area contributed by atoms with Crippen molar-refractivity contribution in [3.8, 4) is 0 Å². The van der Waals surface area contributed by atoms with Gasteiger partial charge in [0.2, 0.25) is 5.79 Å². The molecule has 1 amide bonds. The van der Waals surface area contributed by atoms with Crippen LogP contribution in [0.5, 0.6) is 0 Å². The second-order valence-corrected chi connectivity index (χ2v) is 18.4. The third kappa shape index (κ3) is 12.8. The zero-order valence-electron chi connectivity index (χ0n) is 38.4. The number of cyclic esters (lactones) is 1. The molecule has 61 heavy (non-hydrogen) atoms. The van der Waals surface area contributed by atoms with E-state index in [0.29, 0.717) is 62.7 Å². The van der Waals surface area contributed by atoms with E-state index in [1.54, 1.807) is 28.3 Å². The number of aliphatic hydroxyl groups excluding tert-OH is 2. The molecule has 1 aliphatic carbocycles. The van der Waals surface area contributed by atoms with Gasteiger partial charge in [-0.3, -0.25) is 9.59 Å². The molecule has 1 saturated carbocycles. The number of hydrogen-bond acceptors (Lipinski definition) is 13. The van der Waals surface area contributed by atoms with Crippen molar-refractivity contribution in [1.29, 1.82) is 0 Å². The molecular formula is C47H75N3O11. The molecule has 344 valence electrons. The van der Waals surface area contributed by atoms with Gasteiger partial charge in [-0.1, -0.05) is 44.6 Å². The minimum absolute atomic E-state index is 0.0100. The van der Waals surface area contributed by atoms with Crippen molar-refractivity contribution in [2.75, 3.05) is 27.9 Å².